The third kappa shape index (κ3) is 3.82. The van der Waals surface area contributed by atoms with Crippen molar-refractivity contribution in [3.8, 4) is 11.4 Å². The van der Waals surface area contributed by atoms with E-state index in [1.165, 1.54) is 29.8 Å². The number of fused-ring (bicyclic) bond motifs is 3. The molecule has 4 aromatic rings. The highest BCUT2D eigenvalue weighted by Crippen LogP contribution is 2.37. The average molecular weight is 506 g/mol. The van der Waals surface area contributed by atoms with Crippen LogP contribution in [0.5, 0.6) is 5.75 Å². The Morgan fingerprint density at radius 2 is 1.58 bits per heavy atom. The minimum atomic E-state index is -4.86. The van der Waals surface area contributed by atoms with E-state index < -0.39 is 35.7 Å². The van der Waals surface area contributed by atoms with E-state index in [0.717, 1.165) is 30.5 Å². The van der Waals surface area contributed by atoms with E-state index in [1.807, 2.05) is 0 Å². The Hall–Kier alpha value is -4.42. The highest BCUT2D eigenvalue weighted by molar-refractivity contribution is 6.37. The number of nitrogens with zero attached hydrogens (tertiary/aromatic N) is 4. The summed E-state index contributed by atoms with van der Waals surface area (Å²) in [6.45, 7) is 1.53. The number of rotatable bonds is 3. The fourth-order valence-electron chi connectivity index (χ4n) is 3.99. The Kier molecular flexibility index (Phi) is 5.05. The maximum Gasteiger partial charge on any atom is 0.573 e. The van der Waals surface area contributed by atoms with Crippen LogP contribution in [0.4, 0.5) is 32.0 Å². The quantitative estimate of drug-likeness (QED) is 0.273. The SMILES string of the molecule is Cc1nn(-c2ccc(OC(F)(F)F)cc2)c2ncc3c(c12)C(=O)N(c1cccc(C(F)(F)F)c1)C3=O. The van der Waals surface area contributed by atoms with E-state index in [4.69, 9.17) is 0 Å². The molecule has 1 aliphatic rings. The minimum absolute atomic E-state index is 0.0804. The van der Waals surface area contributed by atoms with Gasteiger partial charge in [-0.05, 0) is 49.4 Å². The first-order valence-electron chi connectivity index (χ1n) is 10.2. The number of halogens is 6. The van der Waals surface area contributed by atoms with Crippen LogP contribution < -0.4 is 9.64 Å². The topological polar surface area (TPSA) is 77.3 Å². The number of hydrogen-bond acceptors (Lipinski definition) is 5. The summed E-state index contributed by atoms with van der Waals surface area (Å²) in [4.78, 5) is 31.1. The third-order valence-corrected chi connectivity index (χ3v) is 5.47. The van der Waals surface area contributed by atoms with Gasteiger partial charge in [-0.1, -0.05) is 6.07 Å². The molecule has 0 radical (unpaired) electrons. The van der Waals surface area contributed by atoms with E-state index in [1.54, 1.807) is 0 Å². The predicted molar refractivity (Wildman–Crippen MR) is 113 cm³/mol. The lowest BCUT2D eigenvalue weighted by atomic mass is 10.1. The van der Waals surface area contributed by atoms with Crippen molar-refractivity contribution in [2.45, 2.75) is 19.5 Å². The van der Waals surface area contributed by atoms with Crippen LogP contribution in [0.25, 0.3) is 16.7 Å². The zero-order chi connectivity index (χ0) is 26.0. The number of pyridine rings is 1. The van der Waals surface area contributed by atoms with Crippen molar-refractivity contribution in [2.75, 3.05) is 4.90 Å². The van der Waals surface area contributed by atoms with Crippen LogP contribution in [0.3, 0.4) is 0 Å². The van der Waals surface area contributed by atoms with Crippen molar-refractivity contribution in [1.29, 1.82) is 0 Å². The van der Waals surface area contributed by atoms with Crippen LogP contribution in [0.15, 0.2) is 54.7 Å². The lowest BCUT2D eigenvalue weighted by Gasteiger charge is -2.16. The average Bonchev–Trinajstić information content (AvgIpc) is 3.26. The summed E-state index contributed by atoms with van der Waals surface area (Å²) in [5.41, 5.74) is -0.776. The molecule has 0 bridgehead atoms. The molecule has 0 spiro atoms. The summed E-state index contributed by atoms with van der Waals surface area (Å²) in [5.74, 6) is -2.14. The molecule has 13 heteroatoms. The molecule has 3 heterocycles. The van der Waals surface area contributed by atoms with Gasteiger partial charge in [-0.25, -0.2) is 14.6 Å². The van der Waals surface area contributed by atoms with Gasteiger partial charge in [0, 0.05) is 6.20 Å². The number of imide groups is 1. The zero-order valence-corrected chi connectivity index (χ0v) is 18.0. The van der Waals surface area contributed by atoms with Crippen molar-refractivity contribution in [2.24, 2.45) is 0 Å². The van der Waals surface area contributed by atoms with E-state index in [2.05, 4.69) is 14.8 Å². The van der Waals surface area contributed by atoms with Crippen molar-refractivity contribution >= 4 is 28.5 Å². The van der Waals surface area contributed by atoms with Crippen LogP contribution in [0.1, 0.15) is 32.0 Å². The molecule has 0 fully saturated rings. The molecule has 1 aliphatic heterocycles. The number of amides is 2. The summed E-state index contributed by atoms with van der Waals surface area (Å²) < 4.78 is 81.9. The first-order valence-corrected chi connectivity index (χ1v) is 10.2. The molecule has 0 saturated carbocycles. The van der Waals surface area contributed by atoms with Crippen LogP contribution in [-0.2, 0) is 6.18 Å². The highest BCUT2D eigenvalue weighted by atomic mass is 19.4. The number of anilines is 1. The number of alkyl halides is 6. The van der Waals surface area contributed by atoms with Gasteiger partial charge in [0.1, 0.15) is 5.75 Å². The molecule has 2 aromatic carbocycles. The van der Waals surface area contributed by atoms with Gasteiger partial charge < -0.3 is 4.74 Å². The van der Waals surface area contributed by atoms with Crippen LogP contribution in [-0.4, -0.2) is 32.9 Å². The van der Waals surface area contributed by atoms with Crippen molar-refractivity contribution < 1.29 is 40.7 Å². The molecule has 0 N–H and O–H groups in total. The molecule has 0 saturated heterocycles. The maximum absolute atomic E-state index is 13.3. The second-order valence-electron chi connectivity index (χ2n) is 7.78. The van der Waals surface area contributed by atoms with Crippen molar-refractivity contribution in [3.05, 3.63) is 77.1 Å². The number of carbonyl (C=O) groups excluding carboxylic acids is 2. The molecular formula is C23H12F6N4O3. The largest absolute Gasteiger partial charge is 0.573 e. The summed E-state index contributed by atoms with van der Waals surface area (Å²) >= 11 is 0. The predicted octanol–water partition coefficient (Wildman–Crippen LogP) is 5.45. The number of benzene rings is 2. The Morgan fingerprint density at radius 1 is 0.889 bits per heavy atom. The standard InChI is InChI=1S/C23H12F6N4O3/c1-11-17-18-16(20(34)32(21(18)35)14-4-2-3-12(9-14)22(24,25)26)10-30-19(17)33(31-11)13-5-7-15(8-6-13)36-23(27,28)29/h2-10H,1H3. The molecule has 7 nitrogen and oxygen atoms in total. The minimum Gasteiger partial charge on any atom is -0.406 e. The Bertz CT molecular complexity index is 1540. The molecule has 2 amide bonds. The molecule has 0 atom stereocenters. The first kappa shape index (κ1) is 23.3. The van der Waals surface area contributed by atoms with Gasteiger partial charge in [0.25, 0.3) is 11.8 Å². The lowest BCUT2D eigenvalue weighted by molar-refractivity contribution is -0.274. The summed E-state index contributed by atoms with van der Waals surface area (Å²) in [6, 6.07) is 8.56. The van der Waals surface area contributed by atoms with Gasteiger partial charge in [0.15, 0.2) is 5.65 Å². The van der Waals surface area contributed by atoms with Crippen molar-refractivity contribution in [3.63, 3.8) is 0 Å². The summed E-state index contributed by atoms with van der Waals surface area (Å²) in [6.07, 6.45) is -8.43. The number of aromatic nitrogens is 3. The van der Waals surface area contributed by atoms with Gasteiger partial charge in [-0.3, -0.25) is 9.59 Å². The molecule has 0 aliphatic carbocycles. The van der Waals surface area contributed by atoms with Gasteiger partial charge in [0.05, 0.1) is 39.1 Å². The van der Waals surface area contributed by atoms with Gasteiger partial charge in [-0.2, -0.15) is 18.3 Å². The van der Waals surface area contributed by atoms with Crippen molar-refractivity contribution in [1.82, 2.24) is 14.8 Å². The fraction of sp³-hybridized carbons (Fsp3) is 0.130. The third-order valence-electron chi connectivity index (χ3n) is 5.47. The Balaban J connectivity index is 1.58. The molecule has 184 valence electrons. The van der Waals surface area contributed by atoms with Crippen LogP contribution in [0.2, 0.25) is 0 Å². The van der Waals surface area contributed by atoms with E-state index >= 15 is 0 Å². The van der Waals surface area contributed by atoms with E-state index in [0.29, 0.717) is 16.7 Å². The fourth-order valence-corrected chi connectivity index (χ4v) is 3.99. The summed E-state index contributed by atoms with van der Waals surface area (Å²) in [5, 5.41) is 4.50. The molecule has 2 aromatic heterocycles. The Morgan fingerprint density at radius 3 is 2.22 bits per heavy atom. The second kappa shape index (κ2) is 7.80. The lowest BCUT2D eigenvalue weighted by Crippen LogP contribution is -2.29. The van der Waals surface area contributed by atoms with Gasteiger partial charge in [-0.15, -0.1) is 13.2 Å². The first-order chi connectivity index (χ1) is 16.8. The van der Waals surface area contributed by atoms with Gasteiger partial charge in [0.2, 0.25) is 0 Å². The highest BCUT2D eigenvalue weighted by Gasteiger charge is 2.41. The molecule has 5 rings (SSSR count). The van der Waals surface area contributed by atoms with Gasteiger partial charge >= 0.3 is 12.5 Å². The number of hydrogen-bond donors (Lipinski definition) is 0. The zero-order valence-electron chi connectivity index (χ0n) is 18.0. The van der Waals surface area contributed by atoms with E-state index in [-0.39, 0.29) is 33.5 Å². The summed E-state index contributed by atoms with van der Waals surface area (Å²) in [7, 11) is 0. The normalized spacial score (nSPS) is 14.0. The van der Waals surface area contributed by atoms with E-state index in [9.17, 15) is 35.9 Å². The molecular weight excluding hydrogens is 494 g/mol. The smallest absolute Gasteiger partial charge is 0.406 e. The number of aryl methyl sites for hydroxylation is 1. The molecule has 36 heavy (non-hydrogen) atoms. The molecule has 0 unspecified atom stereocenters. The monoisotopic (exact) mass is 506 g/mol. The van der Waals surface area contributed by atoms with Crippen LogP contribution in [0, 0.1) is 6.92 Å². The second-order valence-corrected chi connectivity index (χ2v) is 7.78. The van der Waals surface area contributed by atoms with Crippen LogP contribution >= 0.6 is 0 Å². The number of carbonyl (C=O) groups is 2. The number of ether oxygens (including phenoxy) is 1. The Labute approximate surface area is 197 Å². The maximum atomic E-state index is 13.3.